The molecular weight excluding hydrogens is 363 g/mol. The first kappa shape index (κ1) is 17.7. The smallest absolute Gasteiger partial charge is 0.329 e. The fourth-order valence-corrected chi connectivity index (χ4v) is 4.13. The van der Waals surface area contributed by atoms with E-state index in [9.17, 15) is 9.18 Å². The van der Waals surface area contributed by atoms with Crippen LogP contribution in [-0.4, -0.2) is 23.5 Å². The Morgan fingerprint density at radius 2 is 1.96 bits per heavy atom. The largest absolute Gasteiger partial charge is 0.459 e. The summed E-state index contributed by atoms with van der Waals surface area (Å²) in [6, 6.07) is 15.6. The molecule has 1 aliphatic rings. The van der Waals surface area contributed by atoms with E-state index >= 15 is 0 Å². The number of aromatic nitrogens is 1. The van der Waals surface area contributed by atoms with Crippen molar-refractivity contribution >= 4 is 22.4 Å². The molecule has 0 aliphatic carbocycles. The second-order valence-electron chi connectivity index (χ2n) is 6.47. The minimum absolute atomic E-state index is 0.213. The van der Waals surface area contributed by atoms with Crippen LogP contribution in [0.1, 0.15) is 18.4 Å². The Bertz CT molecular complexity index is 911. The fourth-order valence-electron chi connectivity index (χ4n) is 3.22. The van der Waals surface area contributed by atoms with Crippen molar-refractivity contribution in [1.29, 1.82) is 0 Å². The molecule has 0 bridgehead atoms. The summed E-state index contributed by atoms with van der Waals surface area (Å²) < 4.78 is 18.6. The van der Waals surface area contributed by atoms with Gasteiger partial charge in [-0.25, -0.2) is 14.2 Å². The molecule has 6 heteroatoms. The highest BCUT2D eigenvalue weighted by molar-refractivity contribution is 7.14. The highest BCUT2D eigenvalue weighted by Gasteiger charge is 2.33. The average Bonchev–Trinajstić information content (AvgIpc) is 3.37. The number of anilines is 1. The lowest BCUT2D eigenvalue weighted by molar-refractivity contribution is -0.146. The number of esters is 1. The van der Waals surface area contributed by atoms with E-state index in [1.807, 2.05) is 40.6 Å². The van der Waals surface area contributed by atoms with Crippen LogP contribution in [0.15, 0.2) is 60.0 Å². The third-order valence-electron chi connectivity index (χ3n) is 4.63. The Labute approximate surface area is 161 Å². The van der Waals surface area contributed by atoms with E-state index in [4.69, 9.17) is 4.74 Å². The molecule has 1 atom stereocenters. The van der Waals surface area contributed by atoms with E-state index in [-0.39, 0.29) is 24.4 Å². The monoisotopic (exact) mass is 382 g/mol. The van der Waals surface area contributed by atoms with Gasteiger partial charge in [0.2, 0.25) is 0 Å². The van der Waals surface area contributed by atoms with Gasteiger partial charge < -0.3 is 9.64 Å². The molecule has 4 rings (SSSR count). The summed E-state index contributed by atoms with van der Waals surface area (Å²) >= 11 is 1.49. The van der Waals surface area contributed by atoms with Crippen LogP contribution < -0.4 is 4.90 Å². The molecule has 0 saturated carbocycles. The number of nitrogens with zero attached hydrogens (tertiary/aromatic N) is 2. The molecule has 2 aromatic carbocycles. The molecule has 1 saturated heterocycles. The number of carbonyl (C=O) groups excluding carboxylic acids is 1. The molecule has 2 heterocycles. The number of thiazole rings is 1. The summed E-state index contributed by atoms with van der Waals surface area (Å²) in [4.78, 5) is 19.3. The lowest BCUT2D eigenvalue weighted by Crippen LogP contribution is -2.37. The quantitative estimate of drug-likeness (QED) is 0.602. The van der Waals surface area contributed by atoms with Crippen molar-refractivity contribution in [3.05, 3.63) is 71.4 Å². The molecule has 1 aromatic heterocycles. The number of hydrogen-bond donors (Lipinski definition) is 0. The molecular formula is C21H19FN2O2S. The van der Waals surface area contributed by atoms with Gasteiger partial charge in [0.1, 0.15) is 18.5 Å². The Morgan fingerprint density at radius 3 is 2.74 bits per heavy atom. The minimum atomic E-state index is -0.305. The maximum atomic E-state index is 13.1. The van der Waals surface area contributed by atoms with Crippen LogP contribution in [0, 0.1) is 5.82 Å². The van der Waals surface area contributed by atoms with Crippen LogP contribution in [-0.2, 0) is 16.1 Å². The van der Waals surface area contributed by atoms with Crippen molar-refractivity contribution in [2.45, 2.75) is 25.5 Å². The molecule has 1 fully saturated rings. The van der Waals surface area contributed by atoms with Gasteiger partial charge in [-0.3, -0.25) is 0 Å². The van der Waals surface area contributed by atoms with Gasteiger partial charge in [-0.1, -0.05) is 30.3 Å². The number of ether oxygens (including phenoxy) is 1. The van der Waals surface area contributed by atoms with E-state index in [1.54, 1.807) is 12.1 Å². The van der Waals surface area contributed by atoms with Crippen molar-refractivity contribution in [3.8, 4) is 11.3 Å². The van der Waals surface area contributed by atoms with E-state index < -0.39 is 0 Å². The van der Waals surface area contributed by atoms with Gasteiger partial charge >= 0.3 is 5.97 Å². The standard InChI is InChI=1S/C21H19FN2O2S/c22-17-10-8-16(9-11-17)18-14-27-21(23-18)24-12-4-7-19(24)20(25)26-13-15-5-2-1-3-6-15/h1-3,5-6,8-11,14,19H,4,7,12-13H2. The third kappa shape index (κ3) is 4.01. The lowest BCUT2D eigenvalue weighted by Gasteiger charge is -2.22. The van der Waals surface area contributed by atoms with Gasteiger partial charge in [0.15, 0.2) is 5.13 Å². The first-order chi connectivity index (χ1) is 13.2. The molecule has 27 heavy (non-hydrogen) atoms. The molecule has 138 valence electrons. The van der Waals surface area contributed by atoms with E-state index in [2.05, 4.69) is 4.98 Å². The molecule has 0 radical (unpaired) electrons. The zero-order valence-corrected chi connectivity index (χ0v) is 15.5. The molecule has 1 aliphatic heterocycles. The lowest BCUT2D eigenvalue weighted by atomic mass is 10.2. The SMILES string of the molecule is O=C(OCc1ccccc1)C1CCCN1c1nc(-c2ccc(F)cc2)cs1. The van der Waals surface area contributed by atoms with Gasteiger partial charge in [-0.15, -0.1) is 11.3 Å². The summed E-state index contributed by atoms with van der Waals surface area (Å²) in [7, 11) is 0. The van der Waals surface area contributed by atoms with Gasteiger partial charge in [0, 0.05) is 17.5 Å². The molecule has 1 unspecified atom stereocenters. The first-order valence-electron chi connectivity index (χ1n) is 8.89. The Balaban J connectivity index is 1.45. The number of halogens is 1. The van der Waals surface area contributed by atoms with E-state index in [1.165, 1.54) is 23.5 Å². The Hall–Kier alpha value is -2.73. The molecule has 0 N–H and O–H groups in total. The zero-order valence-electron chi connectivity index (χ0n) is 14.7. The van der Waals surface area contributed by atoms with Gasteiger partial charge in [-0.05, 0) is 42.7 Å². The topological polar surface area (TPSA) is 42.4 Å². The molecule has 0 amide bonds. The average molecular weight is 382 g/mol. The van der Waals surface area contributed by atoms with Crippen molar-refractivity contribution in [2.75, 3.05) is 11.4 Å². The Morgan fingerprint density at radius 1 is 1.19 bits per heavy atom. The minimum Gasteiger partial charge on any atom is -0.459 e. The van der Waals surface area contributed by atoms with Crippen LogP contribution in [0.3, 0.4) is 0 Å². The van der Waals surface area contributed by atoms with Crippen LogP contribution in [0.2, 0.25) is 0 Å². The predicted octanol–water partition coefficient (Wildman–Crippen LogP) is 4.66. The van der Waals surface area contributed by atoms with Crippen LogP contribution in [0.25, 0.3) is 11.3 Å². The number of hydrogen-bond acceptors (Lipinski definition) is 5. The summed E-state index contributed by atoms with van der Waals surface area (Å²) in [5.74, 6) is -0.482. The van der Waals surface area contributed by atoms with Crippen molar-refractivity contribution in [2.24, 2.45) is 0 Å². The number of benzene rings is 2. The van der Waals surface area contributed by atoms with Crippen molar-refractivity contribution in [3.63, 3.8) is 0 Å². The van der Waals surface area contributed by atoms with Crippen molar-refractivity contribution in [1.82, 2.24) is 4.98 Å². The zero-order chi connectivity index (χ0) is 18.6. The van der Waals surface area contributed by atoms with Gasteiger partial charge in [0.25, 0.3) is 0 Å². The second kappa shape index (κ2) is 7.88. The van der Waals surface area contributed by atoms with E-state index in [0.717, 1.165) is 41.3 Å². The van der Waals surface area contributed by atoms with Crippen LogP contribution >= 0.6 is 11.3 Å². The summed E-state index contributed by atoms with van der Waals surface area (Å²) in [6.45, 7) is 1.06. The summed E-state index contributed by atoms with van der Waals surface area (Å²) in [5.41, 5.74) is 2.63. The van der Waals surface area contributed by atoms with Crippen LogP contribution in [0.5, 0.6) is 0 Å². The Kier molecular flexibility index (Phi) is 5.16. The number of rotatable bonds is 5. The molecule has 4 nitrogen and oxygen atoms in total. The third-order valence-corrected chi connectivity index (χ3v) is 5.50. The van der Waals surface area contributed by atoms with Crippen molar-refractivity contribution < 1.29 is 13.9 Å². The first-order valence-corrected chi connectivity index (χ1v) is 9.77. The van der Waals surface area contributed by atoms with Crippen LogP contribution in [0.4, 0.5) is 9.52 Å². The maximum absolute atomic E-state index is 13.1. The highest BCUT2D eigenvalue weighted by atomic mass is 32.1. The maximum Gasteiger partial charge on any atom is 0.329 e. The van der Waals surface area contributed by atoms with Gasteiger partial charge in [0.05, 0.1) is 5.69 Å². The summed E-state index contributed by atoms with van der Waals surface area (Å²) in [6.07, 6.45) is 1.69. The highest BCUT2D eigenvalue weighted by Crippen LogP contribution is 2.32. The summed E-state index contributed by atoms with van der Waals surface area (Å²) in [5, 5.41) is 2.74. The number of carbonyl (C=O) groups is 1. The molecule has 0 spiro atoms. The molecule has 3 aromatic rings. The predicted molar refractivity (Wildman–Crippen MR) is 104 cm³/mol. The van der Waals surface area contributed by atoms with E-state index in [0.29, 0.717) is 0 Å². The van der Waals surface area contributed by atoms with Gasteiger partial charge in [-0.2, -0.15) is 0 Å². The fraction of sp³-hybridized carbons (Fsp3) is 0.238. The normalized spacial score (nSPS) is 16.5. The second-order valence-corrected chi connectivity index (χ2v) is 7.30.